The summed E-state index contributed by atoms with van der Waals surface area (Å²) in [6, 6.07) is 3.36. The number of oxime groups is 1. The van der Waals surface area contributed by atoms with Crippen molar-refractivity contribution in [1.29, 1.82) is 0 Å². The molecule has 1 fully saturated rings. The Morgan fingerprint density at radius 3 is 2.72 bits per heavy atom. The van der Waals surface area contributed by atoms with Gasteiger partial charge in [0.15, 0.2) is 11.7 Å². The lowest BCUT2D eigenvalue weighted by Crippen LogP contribution is -2.14. The number of hydrogen-bond donors (Lipinski definition) is 2. The molecule has 1 aliphatic rings. The molecule has 3 N–H and O–H groups in total. The van der Waals surface area contributed by atoms with Gasteiger partial charge in [0.1, 0.15) is 0 Å². The first kappa shape index (κ1) is 13.7. The lowest BCUT2D eigenvalue weighted by molar-refractivity contribution is 0.318. The van der Waals surface area contributed by atoms with Crippen molar-refractivity contribution in [1.82, 2.24) is 0 Å². The summed E-state index contributed by atoms with van der Waals surface area (Å²) in [5, 5.41) is 12.0. The molecule has 98 valence electrons. The third-order valence-corrected chi connectivity index (χ3v) is 5.18. The Hall–Kier alpha value is -0.750. The first-order chi connectivity index (χ1) is 8.63. The fourth-order valence-corrected chi connectivity index (χ4v) is 4.02. The number of nitrogens with zero attached hydrogens (tertiary/aromatic N) is 1. The average Bonchev–Trinajstić information content (AvgIpc) is 2.87. The molecule has 0 bridgehead atoms. The molecule has 0 spiro atoms. The van der Waals surface area contributed by atoms with Crippen molar-refractivity contribution in [2.24, 2.45) is 10.9 Å². The number of hydrogen-bond acceptors (Lipinski definition) is 3. The molecule has 0 saturated heterocycles. The number of amidine groups is 1. The standard InChI is InChI=1S/C12H14BrFN2OS/c13-10-8(12(15)16-17)5-6-9(11(10)14)18-7-3-1-2-4-7/h5-7,17H,1-4H2,(H2,15,16). The van der Waals surface area contributed by atoms with Crippen LogP contribution in [-0.4, -0.2) is 16.3 Å². The van der Waals surface area contributed by atoms with Crippen LogP contribution in [0.4, 0.5) is 4.39 Å². The molecular weight excluding hydrogens is 319 g/mol. The minimum Gasteiger partial charge on any atom is -0.409 e. The summed E-state index contributed by atoms with van der Waals surface area (Å²) < 4.78 is 14.4. The van der Waals surface area contributed by atoms with Gasteiger partial charge in [-0.3, -0.25) is 0 Å². The molecule has 3 nitrogen and oxygen atoms in total. The molecular formula is C12H14BrFN2OS. The molecule has 0 aromatic heterocycles. The summed E-state index contributed by atoms with van der Waals surface area (Å²) in [7, 11) is 0. The van der Waals surface area contributed by atoms with Gasteiger partial charge in [0.2, 0.25) is 0 Å². The second-order valence-electron chi connectivity index (χ2n) is 4.25. The van der Waals surface area contributed by atoms with Gasteiger partial charge < -0.3 is 10.9 Å². The summed E-state index contributed by atoms with van der Waals surface area (Å²) in [6.45, 7) is 0. The maximum absolute atomic E-state index is 14.2. The van der Waals surface area contributed by atoms with E-state index in [0.717, 1.165) is 12.8 Å². The lowest BCUT2D eigenvalue weighted by atomic mass is 10.2. The van der Waals surface area contributed by atoms with E-state index in [9.17, 15) is 4.39 Å². The van der Waals surface area contributed by atoms with E-state index < -0.39 is 0 Å². The number of rotatable bonds is 3. The number of halogens is 2. The van der Waals surface area contributed by atoms with Crippen LogP contribution < -0.4 is 5.73 Å². The first-order valence-corrected chi connectivity index (χ1v) is 7.43. The highest BCUT2D eigenvalue weighted by molar-refractivity contribution is 9.10. The maximum Gasteiger partial charge on any atom is 0.171 e. The van der Waals surface area contributed by atoms with Gasteiger partial charge in [-0.15, -0.1) is 11.8 Å². The first-order valence-electron chi connectivity index (χ1n) is 5.76. The predicted octanol–water partition coefficient (Wildman–Crippen LogP) is 3.72. The highest BCUT2D eigenvalue weighted by atomic mass is 79.9. The molecule has 18 heavy (non-hydrogen) atoms. The zero-order chi connectivity index (χ0) is 13.1. The Kier molecular flexibility index (Phi) is 4.50. The van der Waals surface area contributed by atoms with Crippen molar-refractivity contribution in [3.63, 3.8) is 0 Å². The van der Waals surface area contributed by atoms with Crippen molar-refractivity contribution in [3.05, 3.63) is 28.0 Å². The summed E-state index contributed by atoms with van der Waals surface area (Å²) >= 11 is 4.73. The fourth-order valence-electron chi connectivity index (χ4n) is 2.06. The van der Waals surface area contributed by atoms with Gasteiger partial charge in [-0.2, -0.15) is 0 Å². The van der Waals surface area contributed by atoms with Crippen LogP contribution in [0.2, 0.25) is 0 Å². The third-order valence-electron chi connectivity index (χ3n) is 3.03. The molecule has 1 aliphatic carbocycles. The van der Waals surface area contributed by atoms with Gasteiger partial charge in [-0.1, -0.05) is 18.0 Å². The minimum absolute atomic E-state index is 0.0989. The minimum atomic E-state index is -0.337. The third kappa shape index (κ3) is 2.80. The quantitative estimate of drug-likeness (QED) is 0.384. The lowest BCUT2D eigenvalue weighted by Gasteiger charge is -2.12. The van der Waals surface area contributed by atoms with E-state index in [1.54, 1.807) is 23.9 Å². The van der Waals surface area contributed by atoms with Crippen LogP contribution in [0.25, 0.3) is 0 Å². The van der Waals surface area contributed by atoms with Crippen LogP contribution in [0.5, 0.6) is 0 Å². The predicted molar refractivity (Wildman–Crippen MR) is 74.7 cm³/mol. The summed E-state index contributed by atoms with van der Waals surface area (Å²) in [5.74, 6) is -0.436. The molecule has 0 unspecified atom stereocenters. The van der Waals surface area contributed by atoms with Gasteiger partial charge in [0.25, 0.3) is 0 Å². The monoisotopic (exact) mass is 332 g/mol. The smallest absolute Gasteiger partial charge is 0.171 e. The van der Waals surface area contributed by atoms with E-state index in [-0.39, 0.29) is 16.1 Å². The van der Waals surface area contributed by atoms with Gasteiger partial charge >= 0.3 is 0 Å². The number of thioether (sulfide) groups is 1. The molecule has 1 aromatic rings. The number of nitrogens with two attached hydrogens (primary N) is 1. The van der Waals surface area contributed by atoms with E-state index in [1.807, 2.05) is 0 Å². The van der Waals surface area contributed by atoms with Crippen LogP contribution in [0.15, 0.2) is 26.7 Å². The van der Waals surface area contributed by atoms with E-state index in [1.165, 1.54) is 12.8 Å². The maximum atomic E-state index is 14.2. The molecule has 0 amide bonds. The van der Waals surface area contributed by atoms with E-state index in [0.29, 0.717) is 15.7 Å². The van der Waals surface area contributed by atoms with Crippen LogP contribution in [0.3, 0.4) is 0 Å². The summed E-state index contributed by atoms with van der Waals surface area (Å²) in [5.41, 5.74) is 5.84. The van der Waals surface area contributed by atoms with Crippen molar-refractivity contribution in [2.75, 3.05) is 0 Å². The van der Waals surface area contributed by atoms with Crippen molar-refractivity contribution in [2.45, 2.75) is 35.8 Å². The number of benzene rings is 1. The van der Waals surface area contributed by atoms with Gasteiger partial charge in [0.05, 0.1) is 4.47 Å². The van der Waals surface area contributed by atoms with Gasteiger partial charge in [-0.05, 0) is 40.9 Å². The van der Waals surface area contributed by atoms with Crippen LogP contribution in [0, 0.1) is 5.82 Å². The van der Waals surface area contributed by atoms with Crippen molar-refractivity contribution in [3.8, 4) is 0 Å². The normalized spacial score (nSPS) is 17.3. The van der Waals surface area contributed by atoms with E-state index in [2.05, 4.69) is 21.1 Å². The highest BCUT2D eigenvalue weighted by Gasteiger charge is 2.20. The average molecular weight is 333 g/mol. The van der Waals surface area contributed by atoms with Crippen LogP contribution >= 0.6 is 27.7 Å². The van der Waals surface area contributed by atoms with Crippen molar-refractivity contribution < 1.29 is 9.60 Å². The van der Waals surface area contributed by atoms with Crippen LogP contribution in [0.1, 0.15) is 31.2 Å². The molecule has 6 heteroatoms. The molecule has 2 rings (SSSR count). The zero-order valence-corrected chi connectivity index (χ0v) is 12.1. The Morgan fingerprint density at radius 1 is 1.44 bits per heavy atom. The Morgan fingerprint density at radius 2 is 2.11 bits per heavy atom. The van der Waals surface area contributed by atoms with Crippen LogP contribution in [-0.2, 0) is 0 Å². The molecule has 1 saturated carbocycles. The largest absolute Gasteiger partial charge is 0.409 e. The van der Waals surface area contributed by atoms with Gasteiger partial charge in [0, 0.05) is 15.7 Å². The Bertz CT molecular complexity index is 475. The molecule has 0 aliphatic heterocycles. The second-order valence-corrected chi connectivity index (χ2v) is 6.38. The van der Waals surface area contributed by atoms with Crippen molar-refractivity contribution >= 4 is 33.5 Å². The SMILES string of the molecule is N/C(=N/O)c1ccc(SC2CCCC2)c(F)c1Br. The topological polar surface area (TPSA) is 58.6 Å². The molecule has 0 heterocycles. The molecule has 1 aromatic carbocycles. The second kappa shape index (κ2) is 5.93. The summed E-state index contributed by atoms with van der Waals surface area (Å²) in [4.78, 5) is 0.614. The zero-order valence-electron chi connectivity index (χ0n) is 9.70. The fraction of sp³-hybridized carbons (Fsp3) is 0.417. The van der Waals surface area contributed by atoms with E-state index in [4.69, 9.17) is 10.9 Å². The molecule has 0 atom stereocenters. The highest BCUT2D eigenvalue weighted by Crippen LogP contribution is 2.38. The van der Waals surface area contributed by atoms with E-state index >= 15 is 0 Å². The molecule has 0 radical (unpaired) electrons. The Labute approximate surface area is 118 Å². The Balaban J connectivity index is 2.25. The summed E-state index contributed by atoms with van der Waals surface area (Å²) in [6.07, 6.45) is 4.73. The van der Waals surface area contributed by atoms with Gasteiger partial charge in [-0.25, -0.2) is 4.39 Å².